The molecule has 1 nitrogen and oxygen atoms in total. The molecule has 0 atom stereocenters. The van der Waals surface area contributed by atoms with Crippen LogP contribution in [0.25, 0.3) is 0 Å². The van der Waals surface area contributed by atoms with Gasteiger partial charge in [0.2, 0.25) is 0 Å². The van der Waals surface area contributed by atoms with Gasteiger partial charge in [-0.1, -0.05) is 30.9 Å². The van der Waals surface area contributed by atoms with Crippen LogP contribution in [0.15, 0.2) is 18.2 Å². The number of rotatable bonds is 1. The highest BCUT2D eigenvalue weighted by atomic mass is 28.3. The van der Waals surface area contributed by atoms with Gasteiger partial charge >= 0.3 is 0 Å². The molecule has 1 aromatic carbocycles. The molecule has 0 radical (unpaired) electrons. The van der Waals surface area contributed by atoms with Gasteiger partial charge < -0.3 is 5.11 Å². The molecule has 0 spiro atoms. The van der Waals surface area contributed by atoms with Crippen LogP contribution in [0.3, 0.4) is 0 Å². The van der Waals surface area contributed by atoms with Crippen molar-refractivity contribution in [1.82, 2.24) is 0 Å². The molecule has 0 aliphatic rings. The quantitative estimate of drug-likeness (QED) is 0.662. The van der Waals surface area contributed by atoms with Crippen LogP contribution in [0.5, 0.6) is 5.75 Å². The molecule has 1 rings (SSSR count). The molecule has 1 N–H and O–H groups in total. The summed E-state index contributed by atoms with van der Waals surface area (Å²) in [6.07, 6.45) is 0. The average molecular weight is 184 g/mol. The highest BCUT2D eigenvalue weighted by Crippen LogP contribution is 2.14. The zero-order valence-electron chi connectivity index (χ0n) is 7.56. The first kappa shape index (κ1) is 9.26. The molecule has 0 bridgehead atoms. The second-order valence-electron chi connectivity index (χ2n) is 3.92. The summed E-state index contributed by atoms with van der Waals surface area (Å²) in [6, 6.07) is 4.60. The summed E-state index contributed by atoms with van der Waals surface area (Å²) >= 11 is 0. The maximum absolute atomic E-state index is 12.7. The van der Waals surface area contributed by atoms with Crippen LogP contribution in [0.2, 0.25) is 19.6 Å². The minimum atomic E-state index is -1.41. The third-order valence-corrected chi connectivity index (χ3v) is 3.86. The van der Waals surface area contributed by atoms with Gasteiger partial charge in [0.25, 0.3) is 0 Å². The highest BCUT2D eigenvalue weighted by molar-refractivity contribution is 6.88. The number of phenols is 1. The fourth-order valence-electron chi connectivity index (χ4n) is 0.979. The third kappa shape index (κ3) is 1.85. The molecule has 0 unspecified atom stereocenters. The molecule has 0 saturated heterocycles. The van der Waals surface area contributed by atoms with E-state index >= 15 is 0 Å². The molecule has 0 heterocycles. The lowest BCUT2D eigenvalue weighted by atomic mass is 10.3. The first-order valence-electron chi connectivity index (χ1n) is 3.90. The minimum absolute atomic E-state index is 0.241. The Morgan fingerprint density at radius 3 is 2.25 bits per heavy atom. The summed E-state index contributed by atoms with van der Waals surface area (Å²) in [5.41, 5.74) is 0. The van der Waals surface area contributed by atoms with Crippen molar-refractivity contribution < 1.29 is 9.50 Å². The van der Waals surface area contributed by atoms with E-state index in [1.807, 2.05) is 0 Å². The van der Waals surface area contributed by atoms with E-state index in [4.69, 9.17) is 5.11 Å². The molecule has 0 aliphatic carbocycles. The van der Waals surface area contributed by atoms with Gasteiger partial charge in [0.15, 0.2) is 11.6 Å². The van der Waals surface area contributed by atoms with Crippen molar-refractivity contribution in [3.63, 3.8) is 0 Å². The summed E-state index contributed by atoms with van der Waals surface area (Å²) in [5.74, 6) is -0.785. The molecule has 1 aromatic rings. The predicted molar refractivity (Wildman–Crippen MR) is 51.0 cm³/mol. The summed E-state index contributed by atoms with van der Waals surface area (Å²) < 4.78 is 12.7. The van der Waals surface area contributed by atoms with Gasteiger partial charge in [-0.3, -0.25) is 0 Å². The van der Waals surface area contributed by atoms with E-state index in [0.29, 0.717) is 0 Å². The first-order chi connectivity index (χ1) is 5.41. The second kappa shape index (κ2) is 2.90. The molecule has 3 heteroatoms. The van der Waals surface area contributed by atoms with Crippen LogP contribution >= 0.6 is 0 Å². The van der Waals surface area contributed by atoms with Crippen molar-refractivity contribution in [2.24, 2.45) is 0 Å². The molecule has 0 amide bonds. The van der Waals surface area contributed by atoms with E-state index in [0.717, 1.165) is 5.19 Å². The Morgan fingerprint density at radius 2 is 1.83 bits per heavy atom. The Hall–Kier alpha value is -0.833. The van der Waals surface area contributed by atoms with Gasteiger partial charge in [-0.2, -0.15) is 0 Å². The lowest BCUT2D eigenvalue weighted by Gasteiger charge is -2.16. The Labute approximate surface area is 72.9 Å². The monoisotopic (exact) mass is 184 g/mol. The Bertz CT molecular complexity index is 291. The van der Waals surface area contributed by atoms with Gasteiger partial charge in [-0.25, -0.2) is 4.39 Å². The Morgan fingerprint density at radius 1 is 1.25 bits per heavy atom. The smallest absolute Gasteiger partial charge is 0.164 e. The number of aromatic hydroxyl groups is 1. The topological polar surface area (TPSA) is 20.2 Å². The standard InChI is InChI=1S/C9H13FOSi/c1-12(2,3)7-4-5-8(10)9(11)6-7/h4-6,11H,1-3H3. The normalized spacial score (nSPS) is 11.7. The summed E-state index contributed by atoms with van der Waals surface area (Å²) in [7, 11) is -1.41. The van der Waals surface area contributed by atoms with Crippen molar-refractivity contribution in [3.8, 4) is 5.75 Å². The molecular formula is C9H13FOSi. The summed E-state index contributed by atoms with van der Waals surface area (Å²) in [6.45, 7) is 6.46. The molecule has 66 valence electrons. The van der Waals surface area contributed by atoms with E-state index in [1.165, 1.54) is 12.1 Å². The lowest BCUT2D eigenvalue weighted by Crippen LogP contribution is -2.37. The van der Waals surface area contributed by atoms with Gasteiger partial charge in [0.05, 0.1) is 8.07 Å². The zero-order valence-corrected chi connectivity index (χ0v) is 8.56. The van der Waals surface area contributed by atoms with Crippen LogP contribution in [-0.2, 0) is 0 Å². The van der Waals surface area contributed by atoms with Crippen LogP contribution in [0, 0.1) is 5.82 Å². The molecule has 0 aliphatic heterocycles. The first-order valence-corrected chi connectivity index (χ1v) is 7.40. The van der Waals surface area contributed by atoms with Crippen molar-refractivity contribution in [2.45, 2.75) is 19.6 Å². The van der Waals surface area contributed by atoms with E-state index < -0.39 is 13.9 Å². The maximum Gasteiger partial charge on any atom is 0.164 e. The van der Waals surface area contributed by atoms with Crippen molar-refractivity contribution >= 4 is 13.3 Å². The minimum Gasteiger partial charge on any atom is -0.505 e. The predicted octanol–water partition coefficient (Wildman–Crippen LogP) is 2.08. The molecular weight excluding hydrogens is 171 g/mol. The van der Waals surface area contributed by atoms with E-state index in [-0.39, 0.29) is 5.75 Å². The Balaban J connectivity index is 3.14. The van der Waals surface area contributed by atoms with Crippen LogP contribution in [0.4, 0.5) is 4.39 Å². The Kier molecular flexibility index (Phi) is 2.24. The molecule has 12 heavy (non-hydrogen) atoms. The SMILES string of the molecule is C[Si](C)(C)c1ccc(F)c(O)c1. The van der Waals surface area contributed by atoms with Crippen molar-refractivity contribution in [1.29, 1.82) is 0 Å². The van der Waals surface area contributed by atoms with Gasteiger partial charge in [-0.05, 0) is 12.1 Å². The largest absolute Gasteiger partial charge is 0.505 e. The van der Waals surface area contributed by atoms with Crippen LogP contribution < -0.4 is 5.19 Å². The maximum atomic E-state index is 12.7. The molecule has 0 saturated carbocycles. The lowest BCUT2D eigenvalue weighted by molar-refractivity contribution is 0.433. The van der Waals surface area contributed by atoms with Crippen molar-refractivity contribution in [3.05, 3.63) is 24.0 Å². The summed E-state index contributed by atoms with van der Waals surface area (Å²) in [4.78, 5) is 0. The average Bonchev–Trinajstić information content (AvgIpc) is 1.92. The molecule has 0 fully saturated rings. The van der Waals surface area contributed by atoms with E-state index in [1.54, 1.807) is 6.07 Å². The van der Waals surface area contributed by atoms with Crippen LogP contribution in [0.1, 0.15) is 0 Å². The fourth-order valence-corrected chi connectivity index (χ4v) is 2.13. The van der Waals surface area contributed by atoms with E-state index in [2.05, 4.69) is 19.6 Å². The van der Waals surface area contributed by atoms with Gasteiger partial charge in [0, 0.05) is 0 Å². The second-order valence-corrected chi connectivity index (χ2v) is 8.99. The van der Waals surface area contributed by atoms with E-state index in [9.17, 15) is 4.39 Å². The van der Waals surface area contributed by atoms with Gasteiger partial charge in [-0.15, -0.1) is 0 Å². The van der Waals surface area contributed by atoms with Gasteiger partial charge in [0.1, 0.15) is 0 Å². The van der Waals surface area contributed by atoms with Crippen LogP contribution in [-0.4, -0.2) is 13.2 Å². The third-order valence-electron chi connectivity index (χ3n) is 1.81. The fraction of sp³-hybridized carbons (Fsp3) is 0.333. The highest BCUT2D eigenvalue weighted by Gasteiger charge is 2.17. The number of hydrogen-bond donors (Lipinski definition) is 1. The molecule has 0 aromatic heterocycles. The zero-order chi connectivity index (χ0) is 9.35. The number of halogens is 1. The summed E-state index contributed by atoms with van der Waals surface area (Å²) in [5, 5.41) is 10.2. The number of phenolic OH excluding ortho intramolecular Hbond substituents is 1. The number of benzene rings is 1. The van der Waals surface area contributed by atoms with Crippen molar-refractivity contribution in [2.75, 3.05) is 0 Å². The number of hydrogen-bond acceptors (Lipinski definition) is 1.